The number of halogens is 1. The molecule has 1 saturated carbocycles. The molecule has 0 unspecified atom stereocenters. The maximum absolute atomic E-state index is 13.0. The van der Waals surface area contributed by atoms with Gasteiger partial charge in [0, 0.05) is 55.1 Å². The van der Waals surface area contributed by atoms with Crippen LogP contribution in [0, 0.1) is 16.4 Å². The fourth-order valence-electron chi connectivity index (χ4n) is 5.05. The summed E-state index contributed by atoms with van der Waals surface area (Å²) in [5.74, 6) is 0.735. The average molecular weight is 568 g/mol. The van der Waals surface area contributed by atoms with Crippen molar-refractivity contribution < 1.29 is 8.42 Å². The Balaban J connectivity index is 1.25. The van der Waals surface area contributed by atoms with E-state index in [0.717, 1.165) is 31.1 Å². The van der Waals surface area contributed by atoms with E-state index in [1.165, 1.54) is 34.9 Å². The molecule has 1 aliphatic heterocycles. The Morgan fingerprint density at radius 3 is 2.09 bits per heavy atom. The molecule has 0 amide bonds. The summed E-state index contributed by atoms with van der Waals surface area (Å²) in [6, 6.07) is 16.5. The first-order chi connectivity index (χ1) is 15.3. The van der Waals surface area contributed by atoms with Crippen molar-refractivity contribution in [2.24, 2.45) is 5.92 Å². The highest BCUT2D eigenvalue weighted by Crippen LogP contribution is 2.30. The Morgan fingerprint density at radius 2 is 1.50 bits per heavy atom. The van der Waals surface area contributed by atoms with Gasteiger partial charge in [-0.25, -0.2) is 8.42 Å². The van der Waals surface area contributed by atoms with Gasteiger partial charge < -0.3 is 4.90 Å². The van der Waals surface area contributed by atoms with Crippen LogP contribution < -0.4 is 4.90 Å². The summed E-state index contributed by atoms with van der Waals surface area (Å²) in [4.78, 5) is 5.32. The number of piperazine rings is 1. The van der Waals surface area contributed by atoms with Crippen LogP contribution in [0.15, 0.2) is 53.4 Å². The van der Waals surface area contributed by atoms with Crippen LogP contribution in [-0.2, 0) is 10.0 Å². The van der Waals surface area contributed by atoms with Crippen LogP contribution in [0.2, 0.25) is 0 Å². The van der Waals surface area contributed by atoms with E-state index >= 15 is 0 Å². The van der Waals surface area contributed by atoms with E-state index in [2.05, 4.69) is 63.7 Å². The SMILES string of the molecule is Cc1ccc(S(=O)(=O)N2CCN([C@H]3CC[C@H](CN(C)c4ccc(I)cc4)CC3)CC2)cc1. The lowest BCUT2D eigenvalue weighted by Crippen LogP contribution is -2.52. The van der Waals surface area contributed by atoms with Gasteiger partial charge in [0.1, 0.15) is 0 Å². The molecule has 174 valence electrons. The Morgan fingerprint density at radius 1 is 0.906 bits per heavy atom. The van der Waals surface area contributed by atoms with E-state index < -0.39 is 10.0 Å². The maximum atomic E-state index is 13.0. The number of benzene rings is 2. The number of nitrogens with zero attached hydrogens (tertiary/aromatic N) is 3. The molecule has 0 N–H and O–H groups in total. The Kier molecular flexibility index (Phi) is 7.80. The first kappa shape index (κ1) is 24.0. The third kappa shape index (κ3) is 5.66. The van der Waals surface area contributed by atoms with Gasteiger partial charge in [-0.2, -0.15) is 4.31 Å². The third-order valence-corrected chi connectivity index (χ3v) is 9.70. The molecule has 0 bridgehead atoms. The number of rotatable bonds is 6. The molecular weight excluding hydrogens is 533 g/mol. The fraction of sp³-hybridized carbons (Fsp3) is 0.520. The van der Waals surface area contributed by atoms with E-state index in [9.17, 15) is 8.42 Å². The van der Waals surface area contributed by atoms with Gasteiger partial charge in [0.2, 0.25) is 10.0 Å². The topological polar surface area (TPSA) is 43.9 Å². The molecular formula is C25H34IN3O2S. The van der Waals surface area contributed by atoms with Crippen molar-refractivity contribution in [1.82, 2.24) is 9.21 Å². The Labute approximate surface area is 207 Å². The average Bonchev–Trinajstić information content (AvgIpc) is 2.80. The highest BCUT2D eigenvalue weighted by atomic mass is 127. The van der Waals surface area contributed by atoms with Gasteiger partial charge in [-0.05, 0) is 97.5 Å². The smallest absolute Gasteiger partial charge is 0.243 e. The van der Waals surface area contributed by atoms with Crippen LogP contribution in [0.3, 0.4) is 0 Å². The van der Waals surface area contributed by atoms with Crippen molar-refractivity contribution in [3.05, 3.63) is 57.7 Å². The fourth-order valence-corrected chi connectivity index (χ4v) is 6.83. The molecule has 2 aliphatic rings. The molecule has 32 heavy (non-hydrogen) atoms. The van der Waals surface area contributed by atoms with Gasteiger partial charge in [0.05, 0.1) is 4.90 Å². The summed E-state index contributed by atoms with van der Waals surface area (Å²) in [5.41, 5.74) is 2.37. The number of hydrogen-bond acceptors (Lipinski definition) is 4. The predicted octanol–water partition coefficient (Wildman–Crippen LogP) is 4.60. The van der Waals surface area contributed by atoms with Crippen molar-refractivity contribution in [1.29, 1.82) is 0 Å². The van der Waals surface area contributed by atoms with Crippen LogP contribution in [0.1, 0.15) is 31.2 Å². The molecule has 1 saturated heterocycles. The van der Waals surface area contributed by atoms with Crippen LogP contribution in [-0.4, -0.2) is 63.4 Å². The maximum Gasteiger partial charge on any atom is 0.243 e. The van der Waals surface area contributed by atoms with E-state index in [-0.39, 0.29) is 0 Å². The van der Waals surface area contributed by atoms with Gasteiger partial charge in [-0.15, -0.1) is 0 Å². The summed E-state index contributed by atoms with van der Waals surface area (Å²) in [5, 5.41) is 0. The van der Waals surface area contributed by atoms with E-state index in [1.54, 1.807) is 16.4 Å². The second kappa shape index (κ2) is 10.4. The lowest BCUT2D eigenvalue weighted by atomic mass is 9.84. The van der Waals surface area contributed by atoms with Crippen molar-refractivity contribution in [2.45, 2.75) is 43.5 Å². The van der Waals surface area contributed by atoms with Crippen LogP contribution in [0.25, 0.3) is 0 Å². The summed E-state index contributed by atoms with van der Waals surface area (Å²) >= 11 is 2.35. The zero-order chi connectivity index (χ0) is 22.7. The number of hydrogen-bond donors (Lipinski definition) is 0. The second-order valence-corrected chi connectivity index (χ2v) is 12.5. The highest BCUT2D eigenvalue weighted by Gasteiger charge is 2.32. The minimum atomic E-state index is -3.38. The molecule has 0 radical (unpaired) electrons. The summed E-state index contributed by atoms with van der Waals surface area (Å²) in [7, 11) is -1.19. The van der Waals surface area contributed by atoms with Crippen molar-refractivity contribution in [2.75, 3.05) is 44.7 Å². The van der Waals surface area contributed by atoms with E-state index in [1.807, 2.05) is 19.1 Å². The number of aryl methyl sites for hydroxylation is 1. The molecule has 2 aromatic carbocycles. The molecule has 0 aromatic heterocycles. The first-order valence-electron chi connectivity index (χ1n) is 11.6. The molecule has 1 heterocycles. The molecule has 7 heteroatoms. The first-order valence-corrected chi connectivity index (χ1v) is 14.1. The third-order valence-electron chi connectivity index (χ3n) is 7.06. The summed E-state index contributed by atoms with van der Waals surface area (Å²) in [6.45, 7) is 5.93. The quantitative estimate of drug-likeness (QED) is 0.479. The van der Waals surface area contributed by atoms with E-state index in [4.69, 9.17) is 0 Å². The second-order valence-electron chi connectivity index (χ2n) is 9.28. The van der Waals surface area contributed by atoms with Gasteiger partial charge in [0.15, 0.2) is 0 Å². The molecule has 0 atom stereocenters. The standard InChI is InChI=1S/C25H34IN3O2S/c1-20-3-13-25(14-4-20)32(30,31)29-17-15-28(16-18-29)24-9-5-21(6-10-24)19-27(2)23-11-7-22(26)8-12-23/h3-4,7-8,11-14,21,24H,5-6,9-10,15-19H2,1-2H3/t21-,24-. The molecule has 1 aliphatic carbocycles. The zero-order valence-corrected chi connectivity index (χ0v) is 22.1. The monoisotopic (exact) mass is 567 g/mol. The van der Waals surface area contributed by atoms with E-state index in [0.29, 0.717) is 24.0 Å². The van der Waals surface area contributed by atoms with Crippen molar-refractivity contribution in [3.63, 3.8) is 0 Å². The summed E-state index contributed by atoms with van der Waals surface area (Å²) in [6.07, 6.45) is 4.94. The van der Waals surface area contributed by atoms with Crippen LogP contribution in [0.5, 0.6) is 0 Å². The molecule has 0 spiro atoms. The zero-order valence-electron chi connectivity index (χ0n) is 19.1. The minimum Gasteiger partial charge on any atom is -0.374 e. The molecule has 2 aromatic rings. The number of sulfonamides is 1. The van der Waals surface area contributed by atoms with Crippen LogP contribution in [0.4, 0.5) is 5.69 Å². The molecule has 2 fully saturated rings. The van der Waals surface area contributed by atoms with Crippen molar-refractivity contribution in [3.8, 4) is 0 Å². The van der Waals surface area contributed by atoms with Gasteiger partial charge in [0.25, 0.3) is 0 Å². The molecule has 4 rings (SSSR count). The van der Waals surface area contributed by atoms with Crippen molar-refractivity contribution >= 4 is 38.3 Å². The largest absolute Gasteiger partial charge is 0.374 e. The minimum absolute atomic E-state index is 0.411. The Hall–Kier alpha value is -1.16. The lowest BCUT2D eigenvalue weighted by Gasteiger charge is -2.42. The lowest BCUT2D eigenvalue weighted by molar-refractivity contribution is 0.0993. The van der Waals surface area contributed by atoms with Gasteiger partial charge >= 0.3 is 0 Å². The Bertz CT molecular complexity index is 979. The number of anilines is 1. The predicted molar refractivity (Wildman–Crippen MR) is 140 cm³/mol. The van der Waals surface area contributed by atoms with Crippen LogP contribution >= 0.6 is 22.6 Å². The van der Waals surface area contributed by atoms with Gasteiger partial charge in [-0.3, -0.25) is 4.90 Å². The van der Waals surface area contributed by atoms with Gasteiger partial charge in [-0.1, -0.05) is 17.7 Å². The highest BCUT2D eigenvalue weighted by molar-refractivity contribution is 14.1. The molecule has 5 nitrogen and oxygen atoms in total. The summed E-state index contributed by atoms with van der Waals surface area (Å²) < 4.78 is 28.9. The normalized spacial score (nSPS) is 23.2.